The summed E-state index contributed by atoms with van der Waals surface area (Å²) in [6, 6.07) is 7.48. The summed E-state index contributed by atoms with van der Waals surface area (Å²) in [5.74, 6) is 0. The molecule has 5 heteroatoms. The maximum absolute atomic E-state index is 9.11. The average Bonchev–Trinajstić information content (AvgIpc) is 2.31. The minimum atomic E-state index is 0.237. The number of nitriles is 1. The van der Waals surface area contributed by atoms with Crippen LogP contribution in [0.2, 0.25) is 0 Å². The van der Waals surface area contributed by atoms with Crippen LogP contribution in [0.4, 0.5) is 0 Å². The molecule has 16 heavy (non-hydrogen) atoms. The quantitative estimate of drug-likeness (QED) is 0.593. The molecule has 1 aliphatic rings. The van der Waals surface area contributed by atoms with E-state index in [1.807, 2.05) is 6.07 Å². The average molecular weight is 231 g/mol. The fourth-order valence-electron chi connectivity index (χ4n) is 1.27. The van der Waals surface area contributed by atoms with Crippen LogP contribution in [0.25, 0.3) is 5.57 Å². The molecule has 0 unspecified atom stereocenters. The van der Waals surface area contributed by atoms with E-state index in [1.165, 1.54) is 6.20 Å². The fourth-order valence-corrected chi connectivity index (χ4v) is 1.43. The van der Waals surface area contributed by atoms with Crippen molar-refractivity contribution in [2.75, 3.05) is 0 Å². The number of nitrogens with zero attached hydrogens (tertiary/aromatic N) is 3. The van der Waals surface area contributed by atoms with Crippen LogP contribution in [-0.4, -0.2) is 10.3 Å². The van der Waals surface area contributed by atoms with Crippen molar-refractivity contribution in [1.82, 2.24) is 10.3 Å². The van der Waals surface area contributed by atoms with E-state index in [-0.39, 0.29) is 5.29 Å². The molecule has 1 aromatic rings. The standard InChI is InChI=1S/C11H7ClN4/c12-11-15-6-4-10(16-11)8(7-13)9-3-1-2-5-14-9/h1-6H,(H,15,16). The summed E-state index contributed by atoms with van der Waals surface area (Å²) in [6.45, 7) is 0. The number of hydrogen-bond donors (Lipinski definition) is 1. The number of aromatic nitrogens is 1. The molecule has 0 amide bonds. The van der Waals surface area contributed by atoms with Gasteiger partial charge in [0.05, 0.1) is 11.4 Å². The van der Waals surface area contributed by atoms with Gasteiger partial charge in [0.1, 0.15) is 11.6 Å². The summed E-state index contributed by atoms with van der Waals surface area (Å²) >= 11 is 5.72. The van der Waals surface area contributed by atoms with Crippen LogP contribution in [0.15, 0.2) is 47.4 Å². The van der Waals surface area contributed by atoms with Gasteiger partial charge < -0.3 is 5.32 Å². The summed E-state index contributed by atoms with van der Waals surface area (Å²) < 4.78 is 0. The van der Waals surface area contributed by atoms with E-state index in [1.54, 1.807) is 24.4 Å². The smallest absolute Gasteiger partial charge is 0.200 e. The Hall–Kier alpha value is -2.12. The van der Waals surface area contributed by atoms with Gasteiger partial charge in [0, 0.05) is 12.4 Å². The van der Waals surface area contributed by atoms with Crippen molar-refractivity contribution in [2.45, 2.75) is 0 Å². The van der Waals surface area contributed by atoms with Gasteiger partial charge in [-0.2, -0.15) is 5.26 Å². The first kappa shape index (κ1) is 10.4. The molecule has 2 heterocycles. The van der Waals surface area contributed by atoms with Crippen molar-refractivity contribution in [3.63, 3.8) is 0 Å². The fraction of sp³-hybridized carbons (Fsp3) is 0. The molecule has 0 atom stereocenters. The van der Waals surface area contributed by atoms with Gasteiger partial charge in [-0.3, -0.25) is 4.98 Å². The number of aliphatic imine (C=N–C) groups is 1. The molecule has 0 saturated heterocycles. The number of pyridine rings is 1. The minimum Gasteiger partial charge on any atom is -0.329 e. The Morgan fingerprint density at radius 3 is 2.94 bits per heavy atom. The van der Waals surface area contributed by atoms with E-state index in [4.69, 9.17) is 16.9 Å². The number of allylic oxidation sites excluding steroid dienone is 2. The number of rotatable bonds is 1. The van der Waals surface area contributed by atoms with E-state index in [9.17, 15) is 0 Å². The summed E-state index contributed by atoms with van der Waals surface area (Å²) in [7, 11) is 0. The lowest BCUT2D eigenvalue weighted by Gasteiger charge is -2.10. The van der Waals surface area contributed by atoms with Crippen molar-refractivity contribution in [3.05, 3.63) is 48.1 Å². The van der Waals surface area contributed by atoms with Crippen LogP contribution in [-0.2, 0) is 0 Å². The van der Waals surface area contributed by atoms with Crippen LogP contribution in [0.5, 0.6) is 0 Å². The van der Waals surface area contributed by atoms with Crippen LogP contribution >= 0.6 is 11.6 Å². The van der Waals surface area contributed by atoms with Gasteiger partial charge in [-0.15, -0.1) is 0 Å². The SMILES string of the molecule is N#CC(=C1C=CN=C(Cl)N1)c1ccccn1. The molecule has 0 aliphatic carbocycles. The van der Waals surface area contributed by atoms with E-state index in [0.717, 1.165) is 0 Å². The third kappa shape index (κ3) is 2.10. The van der Waals surface area contributed by atoms with Gasteiger partial charge in [-0.25, -0.2) is 4.99 Å². The monoisotopic (exact) mass is 230 g/mol. The normalized spacial score (nSPS) is 17.1. The van der Waals surface area contributed by atoms with Crippen molar-refractivity contribution in [3.8, 4) is 6.07 Å². The molecule has 0 spiro atoms. The minimum absolute atomic E-state index is 0.237. The highest BCUT2D eigenvalue weighted by Crippen LogP contribution is 2.16. The van der Waals surface area contributed by atoms with Crippen LogP contribution < -0.4 is 5.32 Å². The maximum Gasteiger partial charge on any atom is 0.200 e. The second-order valence-corrected chi connectivity index (χ2v) is 3.33. The molecule has 0 saturated carbocycles. The lowest BCUT2D eigenvalue weighted by molar-refractivity contribution is 1.15. The Kier molecular flexibility index (Phi) is 2.99. The van der Waals surface area contributed by atoms with Crippen molar-refractivity contribution < 1.29 is 0 Å². The van der Waals surface area contributed by atoms with Gasteiger partial charge in [0.15, 0.2) is 5.29 Å². The van der Waals surface area contributed by atoms with Crippen molar-refractivity contribution in [1.29, 1.82) is 5.26 Å². The molecular formula is C11H7ClN4. The number of nitrogens with one attached hydrogen (secondary N) is 1. The topological polar surface area (TPSA) is 61.1 Å². The molecule has 0 aromatic carbocycles. The third-order valence-electron chi connectivity index (χ3n) is 1.97. The van der Waals surface area contributed by atoms with Gasteiger partial charge >= 0.3 is 0 Å². The zero-order valence-corrected chi connectivity index (χ0v) is 8.94. The van der Waals surface area contributed by atoms with Crippen molar-refractivity contribution >= 4 is 22.5 Å². The highest BCUT2D eigenvalue weighted by Gasteiger charge is 2.11. The Balaban J connectivity index is 2.46. The Morgan fingerprint density at radius 2 is 2.31 bits per heavy atom. The highest BCUT2D eigenvalue weighted by atomic mass is 35.5. The summed E-state index contributed by atoms with van der Waals surface area (Å²) in [4.78, 5) is 7.93. The van der Waals surface area contributed by atoms with Crippen LogP contribution in [0.1, 0.15) is 5.69 Å². The first-order valence-corrected chi connectivity index (χ1v) is 4.91. The molecule has 1 N–H and O–H groups in total. The van der Waals surface area contributed by atoms with Gasteiger partial charge in [0.2, 0.25) is 0 Å². The maximum atomic E-state index is 9.11. The molecular weight excluding hydrogens is 224 g/mol. The first-order valence-electron chi connectivity index (χ1n) is 4.54. The van der Waals surface area contributed by atoms with Gasteiger partial charge in [0.25, 0.3) is 0 Å². The predicted molar refractivity (Wildman–Crippen MR) is 62.3 cm³/mol. The Morgan fingerprint density at radius 1 is 1.44 bits per heavy atom. The van der Waals surface area contributed by atoms with Gasteiger partial charge in [-0.05, 0) is 29.8 Å². The molecule has 1 aromatic heterocycles. The van der Waals surface area contributed by atoms with E-state index in [2.05, 4.69) is 21.4 Å². The second kappa shape index (κ2) is 4.60. The molecule has 2 rings (SSSR count). The zero-order chi connectivity index (χ0) is 11.4. The van der Waals surface area contributed by atoms with Crippen LogP contribution in [0.3, 0.4) is 0 Å². The van der Waals surface area contributed by atoms with E-state index < -0.39 is 0 Å². The molecule has 0 radical (unpaired) electrons. The summed E-state index contributed by atoms with van der Waals surface area (Å²) in [5.41, 5.74) is 1.63. The zero-order valence-electron chi connectivity index (χ0n) is 8.18. The lowest BCUT2D eigenvalue weighted by Crippen LogP contribution is -2.20. The largest absolute Gasteiger partial charge is 0.329 e. The molecule has 1 aliphatic heterocycles. The third-order valence-corrected chi connectivity index (χ3v) is 2.16. The van der Waals surface area contributed by atoms with E-state index >= 15 is 0 Å². The molecule has 4 nitrogen and oxygen atoms in total. The lowest BCUT2D eigenvalue weighted by atomic mass is 10.1. The Labute approximate surface area is 97.6 Å². The molecule has 78 valence electrons. The molecule has 0 fully saturated rings. The number of amidine groups is 1. The van der Waals surface area contributed by atoms with Crippen LogP contribution in [0, 0.1) is 11.3 Å². The second-order valence-electron chi connectivity index (χ2n) is 2.98. The van der Waals surface area contributed by atoms with Crippen molar-refractivity contribution in [2.24, 2.45) is 4.99 Å². The number of halogens is 1. The predicted octanol–water partition coefficient (Wildman–Crippen LogP) is 2.03. The van der Waals surface area contributed by atoms with E-state index in [0.29, 0.717) is 17.0 Å². The molecule has 0 bridgehead atoms. The highest BCUT2D eigenvalue weighted by molar-refractivity contribution is 6.65. The number of hydrogen-bond acceptors (Lipinski definition) is 4. The summed E-state index contributed by atoms with van der Waals surface area (Å²) in [6.07, 6.45) is 4.85. The Bertz CT molecular complexity index is 523. The van der Waals surface area contributed by atoms with Gasteiger partial charge in [-0.1, -0.05) is 6.07 Å². The first-order chi connectivity index (χ1) is 7.81. The summed E-state index contributed by atoms with van der Waals surface area (Å²) in [5, 5.41) is 12.2.